The van der Waals surface area contributed by atoms with Crippen LogP contribution >= 0.6 is 34.5 Å². The van der Waals surface area contributed by atoms with E-state index in [1.807, 2.05) is 0 Å². The monoisotopic (exact) mass is 383 g/mol. The van der Waals surface area contributed by atoms with E-state index in [1.165, 1.54) is 17.4 Å². The molecular formula is C15H11Cl2N3O3S. The Hall–Kier alpha value is -2.09. The molecule has 0 unspecified atom stereocenters. The quantitative estimate of drug-likeness (QED) is 0.750. The van der Waals surface area contributed by atoms with Crippen molar-refractivity contribution in [1.29, 1.82) is 0 Å². The fraction of sp³-hybridized carbons (Fsp3) is 0.133. The smallest absolute Gasteiger partial charge is 0.281 e. The lowest BCUT2D eigenvalue weighted by Crippen LogP contribution is -2.37. The first-order valence-corrected chi connectivity index (χ1v) is 8.44. The molecule has 0 fully saturated rings. The lowest BCUT2D eigenvalue weighted by Gasteiger charge is -2.12. The predicted molar refractivity (Wildman–Crippen MR) is 94.9 cm³/mol. The average Bonchev–Trinajstić information content (AvgIpc) is 2.99. The van der Waals surface area contributed by atoms with Crippen molar-refractivity contribution in [1.82, 2.24) is 9.66 Å². The summed E-state index contributed by atoms with van der Waals surface area (Å²) in [6, 6.07) is 6.35. The molecule has 0 bridgehead atoms. The molecule has 0 spiro atoms. The number of aromatic nitrogens is 2. The van der Waals surface area contributed by atoms with Gasteiger partial charge in [0.15, 0.2) is 6.61 Å². The third-order valence-corrected chi connectivity index (χ3v) is 4.49. The van der Waals surface area contributed by atoms with E-state index in [-0.39, 0.29) is 12.2 Å². The van der Waals surface area contributed by atoms with Crippen LogP contribution in [0.4, 0.5) is 0 Å². The van der Waals surface area contributed by atoms with E-state index in [0.717, 1.165) is 4.68 Å². The number of thiophene rings is 1. The summed E-state index contributed by atoms with van der Waals surface area (Å²) in [6.45, 7) is 1.33. The number of rotatable bonds is 4. The molecule has 9 heteroatoms. The molecule has 3 aromatic rings. The molecule has 1 N–H and O–H groups in total. The Morgan fingerprint density at radius 2 is 2.17 bits per heavy atom. The number of nitrogens with zero attached hydrogens (tertiary/aromatic N) is 2. The fourth-order valence-electron chi connectivity index (χ4n) is 2.04. The second kappa shape index (κ2) is 6.80. The normalized spacial score (nSPS) is 10.8. The standard InChI is InChI=1S/C15H11Cl2N3O3S/c1-8-18-14-10(4-5-24-14)15(22)20(8)19-13(21)7-23-12-3-2-9(16)6-11(12)17/h2-6H,7H2,1H3,(H,19,21). The van der Waals surface area contributed by atoms with Crippen molar-refractivity contribution in [3.63, 3.8) is 0 Å². The molecule has 6 nitrogen and oxygen atoms in total. The van der Waals surface area contributed by atoms with E-state index in [0.29, 0.717) is 31.8 Å². The first-order chi connectivity index (χ1) is 11.5. The van der Waals surface area contributed by atoms with E-state index >= 15 is 0 Å². The maximum Gasteiger partial charge on any atom is 0.281 e. The maximum atomic E-state index is 12.4. The molecule has 24 heavy (non-hydrogen) atoms. The zero-order valence-electron chi connectivity index (χ0n) is 12.4. The van der Waals surface area contributed by atoms with E-state index in [1.54, 1.807) is 30.5 Å². The topological polar surface area (TPSA) is 73.2 Å². The van der Waals surface area contributed by atoms with Crippen LogP contribution in [0.15, 0.2) is 34.4 Å². The van der Waals surface area contributed by atoms with Gasteiger partial charge in [0, 0.05) is 5.02 Å². The molecule has 2 heterocycles. The summed E-state index contributed by atoms with van der Waals surface area (Å²) in [5.74, 6) is 0.196. The Kier molecular flexibility index (Phi) is 4.75. The fourth-order valence-corrected chi connectivity index (χ4v) is 3.30. The largest absolute Gasteiger partial charge is 0.482 e. The van der Waals surface area contributed by atoms with Crippen LogP contribution in [0.5, 0.6) is 5.75 Å². The van der Waals surface area contributed by atoms with Gasteiger partial charge in [0.2, 0.25) is 0 Å². The Morgan fingerprint density at radius 3 is 2.92 bits per heavy atom. The highest BCUT2D eigenvalue weighted by atomic mass is 35.5. The first kappa shape index (κ1) is 16.8. The molecule has 124 valence electrons. The number of benzene rings is 1. The zero-order valence-corrected chi connectivity index (χ0v) is 14.7. The number of hydrogen-bond acceptors (Lipinski definition) is 5. The minimum absolute atomic E-state index is 0.296. The highest BCUT2D eigenvalue weighted by molar-refractivity contribution is 7.16. The molecule has 2 aromatic heterocycles. The van der Waals surface area contributed by atoms with Crippen molar-refractivity contribution in [2.75, 3.05) is 12.0 Å². The Morgan fingerprint density at radius 1 is 1.38 bits per heavy atom. The number of amides is 1. The van der Waals surface area contributed by atoms with E-state index < -0.39 is 5.91 Å². The van der Waals surface area contributed by atoms with E-state index in [9.17, 15) is 9.59 Å². The number of aryl methyl sites for hydroxylation is 1. The molecule has 0 aliphatic carbocycles. The van der Waals surface area contributed by atoms with Crippen LogP contribution in [-0.2, 0) is 4.79 Å². The molecule has 1 aromatic carbocycles. The van der Waals surface area contributed by atoms with E-state index in [2.05, 4.69) is 10.4 Å². The number of nitrogens with one attached hydrogen (secondary N) is 1. The summed E-state index contributed by atoms with van der Waals surface area (Å²) in [7, 11) is 0. The highest BCUT2D eigenvalue weighted by Gasteiger charge is 2.12. The lowest BCUT2D eigenvalue weighted by molar-refractivity contribution is -0.119. The molecule has 1 amide bonds. The summed E-state index contributed by atoms with van der Waals surface area (Å²) in [5.41, 5.74) is 2.14. The van der Waals surface area contributed by atoms with Crippen LogP contribution in [-0.4, -0.2) is 22.2 Å². The minimum Gasteiger partial charge on any atom is -0.482 e. The number of carbonyl (C=O) groups is 1. The minimum atomic E-state index is -0.511. The third kappa shape index (κ3) is 3.38. The van der Waals surface area contributed by atoms with Gasteiger partial charge in [0.05, 0.1) is 10.4 Å². The average molecular weight is 384 g/mol. The van der Waals surface area contributed by atoms with Crippen molar-refractivity contribution < 1.29 is 9.53 Å². The number of fused-ring (bicyclic) bond motifs is 1. The number of ether oxygens (including phenoxy) is 1. The van der Waals surface area contributed by atoms with Crippen LogP contribution in [0.2, 0.25) is 10.0 Å². The summed E-state index contributed by atoms with van der Waals surface area (Å²) in [5, 5.41) is 2.99. The van der Waals surface area contributed by atoms with Gasteiger partial charge in [-0.15, -0.1) is 11.3 Å². The van der Waals surface area contributed by atoms with Gasteiger partial charge in [-0.05, 0) is 36.6 Å². The van der Waals surface area contributed by atoms with Gasteiger partial charge < -0.3 is 4.74 Å². The molecule has 0 saturated heterocycles. The number of hydrogen-bond donors (Lipinski definition) is 1. The van der Waals surface area contributed by atoms with E-state index in [4.69, 9.17) is 27.9 Å². The second-order valence-corrected chi connectivity index (χ2v) is 6.58. The van der Waals surface area contributed by atoms with Crippen LogP contribution in [0, 0.1) is 6.92 Å². The van der Waals surface area contributed by atoms with Crippen LogP contribution in [0.25, 0.3) is 10.2 Å². The maximum absolute atomic E-state index is 12.4. The van der Waals surface area contributed by atoms with Crippen LogP contribution < -0.4 is 15.7 Å². The predicted octanol–water partition coefficient (Wildman–Crippen LogP) is 3.22. The summed E-state index contributed by atoms with van der Waals surface area (Å²) in [4.78, 5) is 29.3. The summed E-state index contributed by atoms with van der Waals surface area (Å²) in [6.07, 6.45) is 0. The molecule has 0 aliphatic rings. The Labute approximate surface area is 150 Å². The van der Waals surface area contributed by atoms with Gasteiger partial charge >= 0.3 is 0 Å². The summed E-state index contributed by atoms with van der Waals surface area (Å²) >= 11 is 13.1. The number of halogens is 2. The first-order valence-electron chi connectivity index (χ1n) is 6.80. The molecule has 0 aliphatic heterocycles. The molecule has 0 atom stereocenters. The zero-order chi connectivity index (χ0) is 17.3. The number of carbonyl (C=O) groups excluding carboxylic acids is 1. The Balaban J connectivity index is 1.74. The SMILES string of the molecule is Cc1nc2sccc2c(=O)n1NC(=O)COc1ccc(Cl)cc1Cl. The van der Waals surface area contributed by atoms with Gasteiger partial charge in [-0.25, -0.2) is 9.66 Å². The molecule has 0 radical (unpaired) electrons. The summed E-state index contributed by atoms with van der Waals surface area (Å²) < 4.78 is 6.44. The molecule has 0 saturated carbocycles. The van der Waals surface area contributed by atoms with Crippen molar-refractivity contribution in [3.05, 3.63) is 55.9 Å². The highest BCUT2D eigenvalue weighted by Crippen LogP contribution is 2.27. The molecule has 3 rings (SSSR count). The van der Waals surface area contributed by atoms with Gasteiger partial charge in [-0.2, -0.15) is 0 Å². The van der Waals surface area contributed by atoms with Crippen molar-refractivity contribution in [2.24, 2.45) is 0 Å². The van der Waals surface area contributed by atoms with Crippen molar-refractivity contribution in [2.45, 2.75) is 6.92 Å². The third-order valence-electron chi connectivity index (χ3n) is 3.15. The van der Waals surface area contributed by atoms with Gasteiger partial charge in [-0.3, -0.25) is 15.0 Å². The van der Waals surface area contributed by atoms with Gasteiger partial charge in [0.1, 0.15) is 16.4 Å². The second-order valence-electron chi connectivity index (χ2n) is 4.84. The van der Waals surface area contributed by atoms with Crippen molar-refractivity contribution in [3.8, 4) is 5.75 Å². The van der Waals surface area contributed by atoms with Gasteiger partial charge in [0.25, 0.3) is 11.5 Å². The van der Waals surface area contributed by atoms with Gasteiger partial charge in [-0.1, -0.05) is 23.2 Å². The van der Waals surface area contributed by atoms with Crippen LogP contribution in [0.1, 0.15) is 5.82 Å². The Bertz CT molecular complexity index is 984. The lowest BCUT2D eigenvalue weighted by atomic mass is 10.3. The molecular weight excluding hydrogens is 373 g/mol. The van der Waals surface area contributed by atoms with Crippen molar-refractivity contribution >= 4 is 50.7 Å². The van der Waals surface area contributed by atoms with Crippen LogP contribution in [0.3, 0.4) is 0 Å².